The summed E-state index contributed by atoms with van der Waals surface area (Å²) < 4.78 is 25.1. The zero-order valence-corrected chi connectivity index (χ0v) is 19.7. The maximum absolute atomic E-state index is 8.91. The minimum atomic E-state index is -0.387. The van der Waals surface area contributed by atoms with E-state index in [1.54, 1.807) is 0 Å². The molecular weight excluding hydrogens is 442 g/mol. The summed E-state index contributed by atoms with van der Waals surface area (Å²) in [5, 5.41) is 3.81. The number of hydrogen-bond acceptors (Lipinski definition) is 5. The zero-order valence-electron chi connectivity index (χ0n) is 19.7. The second-order valence-electron chi connectivity index (χ2n) is 8.57. The molecule has 4 rings (SSSR count). The van der Waals surface area contributed by atoms with Crippen LogP contribution in [0.25, 0.3) is 10.4 Å². The highest BCUT2D eigenvalue weighted by Crippen LogP contribution is 2.28. The van der Waals surface area contributed by atoms with Gasteiger partial charge in [0.05, 0.1) is 39.1 Å². The molecule has 3 aromatic carbocycles. The number of hydrogen-bond donors (Lipinski definition) is 0. The third-order valence-corrected chi connectivity index (χ3v) is 6.02. The van der Waals surface area contributed by atoms with E-state index in [0.29, 0.717) is 33.0 Å². The van der Waals surface area contributed by atoms with Crippen molar-refractivity contribution < 1.29 is 18.9 Å². The molecule has 0 N–H and O–H groups in total. The van der Waals surface area contributed by atoms with Gasteiger partial charge >= 0.3 is 0 Å². The number of benzene rings is 3. The molecule has 1 aliphatic heterocycles. The van der Waals surface area contributed by atoms with Crippen LogP contribution in [0.5, 0.6) is 0 Å². The van der Waals surface area contributed by atoms with Gasteiger partial charge in [-0.25, -0.2) is 0 Å². The van der Waals surface area contributed by atoms with Gasteiger partial charge in [0, 0.05) is 17.4 Å². The molecule has 182 valence electrons. The van der Waals surface area contributed by atoms with Gasteiger partial charge < -0.3 is 18.9 Å². The van der Waals surface area contributed by atoms with Crippen LogP contribution in [0, 0.1) is 5.92 Å². The van der Waals surface area contributed by atoms with Crippen LogP contribution >= 0.6 is 0 Å². The quantitative estimate of drug-likeness (QED) is 0.192. The molecule has 0 saturated carbocycles. The minimum absolute atomic E-state index is 0.124. The Labute approximate surface area is 206 Å². The normalized spacial score (nSPS) is 21.8. The molecule has 1 saturated heterocycles. The first-order valence-corrected chi connectivity index (χ1v) is 11.9. The van der Waals surface area contributed by atoms with Crippen molar-refractivity contribution in [1.82, 2.24) is 0 Å². The lowest BCUT2D eigenvalue weighted by Gasteiger charge is -2.42. The highest BCUT2D eigenvalue weighted by molar-refractivity contribution is 5.15. The van der Waals surface area contributed by atoms with Crippen LogP contribution in [-0.2, 0) is 38.8 Å². The van der Waals surface area contributed by atoms with Crippen molar-refractivity contribution in [2.45, 2.75) is 38.1 Å². The van der Waals surface area contributed by atoms with Crippen molar-refractivity contribution in [2.75, 3.05) is 19.8 Å². The van der Waals surface area contributed by atoms with Crippen LogP contribution in [-0.4, -0.2) is 38.1 Å². The third-order valence-electron chi connectivity index (χ3n) is 6.02. The van der Waals surface area contributed by atoms with Gasteiger partial charge in [0.1, 0.15) is 12.2 Å². The first-order valence-electron chi connectivity index (χ1n) is 11.9. The third kappa shape index (κ3) is 7.65. The van der Waals surface area contributed by atoms with E-state index in [1.807, 2.05) is 91.0 Å². The number of azide groups is 1. The molecule has 0 aromatic heterocycles. The predicted octanol–water partition coefficient (Wildman–Crippen LogP) is 5.70. The van der Waals surface area contributed by atoms with Gasteiger partial charge in [-0.15, -0.1) is 0 Å². The van der Waals surface area contributed by atoms with Gasteiger partial charge in [-0.2, -0.15) is 0 Å². The smallest absolute Gasteiger partial charge is 0.113 e. The first-order chi connectivity index (χ1) is 17.3. The van der Waals surface area contributed by atoms with Gasteiger partial charge in [0.25, 0.3) is 0 Å². The van der Waals surface area contributed by atoms with Crippen molar-refractivity contribution >= 4 is 0 Å². The molecule has 0 bridgehead atoms. The molecule has 1 fully saturated rings. The predicted molar refractivity (Wildman–Crippen MR) is 133 cm³/mol. The van der Waals surface area contributed by atoms with Crippen LogP contribution < -0.4 is 0 Å². The molecule has 7 heteroatoms. The summed E-state index contributed by atoms with van der Waals surface area (Å²) in [6.07, 6.45) is -1.02. The number of nitrogens with zero attached hydrogens (tertiary/aromatic N) is 3. The summed E-state index contributed by atoms with van der Waals surface area (Å²) in [5.41, 5.74) is 12.1. The number of rotatable bonds is 12. The molecule has 0 aliphatic carbocycles. The Morgan fingerprint density at radius 1 is 0.743 bits per heavy atom. The van der Waals surface area contributed by atoms with E-state index in [4.69, 9.17) is 24.5 Å². The Balaban J connectivity index is 1.49. The second kappa shape index (κ2) is 13.6. The SMILES string of the molecule is [N-]=[N+]=NCC1CO[C@H](COCc2ccccc2)[C@H](OCc2ccccc2)[C@@H]1OCc1ccccc1. The van der Waals surface area contributed by atoms with Gasteiger partial charge in [0.15, 0.2) is 0 Å². The van der Waals surface area contributed by atoms with E-state index in [-0.39, 0.29) is 30.8 Å². The van der Waals surface area contributed by atoms with Gasteiger partial charge in [-0.3, -0.25) is 0 Å². The topological polar surface area (TPSA) is 85.7 Å². The Morgan fingerprint density at radius 3 is 1.80 bits per heavy atom. The summed E-state index contributed by atoms with van der Waals surface area (Å²) in [6.45, 7) is 2.39. The van der Waals surface area contributed by atoms with Crippen LogP contribution in [0.4, 0.5) is 0 Å². The van der Waals surface area contributed by atoms with Gasteiger partial charge in [0.2, 0.25) is 0 Å². The fourth-order valence-electron chi connectivity index (χ4n) is 4.19. The summed E-state index contributed by atoms with van der Waals surface area (Å²) in [6, 6.07) is 30.1. The lowest BCUT2D eigenvalue weighted by Crippen LogP contribution is -2.54. The van der Waals surface area contributed by atoms with E-state index < -0.39 is 0 Å². The first kappa shape index (κ1) is 24.9. The molecule has 1 unspecified atom stereocenters. The van der Waals surface area contributed by atoms with Crippen LogP contribution in [0.1, 0.15) is 16.7 Å². The molecule has 1 aliphatic rings. The van der Waals surface area contributed by atoms with Crippen LogP contribution in [0.2, 0.25) is 0 Å². The lowest BCUT2D eigenvalue weighted by atomic mass is 9.91. The fraction of sp³-hybridized carbons (Fsp3) is 0.357. The Kier molecular flexibility index (Phi) is 9.71. The van der Waals surface area contributed by atoms with Crippen molar-refractivity contribution in [3.05, 3.63) is 118 Å². The Hall–Kier alpha value is -3.19. The highest BCUT2D eigenvalue weighted by atomic mass is 16.6. The van der Waals surface area contributed by atoms with Crippen molar-refractivity contribution in [3.63, 3.8) is 0 Å². The standard InChI is InChI=1S/C28H31N3O4/c29-31-30-16-25-20-33-26(21-32-17-22-10-4-1-5-11-22)28(35-19-24-14-8-3-9-15-24)27(25)34-18-23-12-6-2-7-13-23/h1-15,25-28H,16-21H2/t25?,26-,27-,28+/m1/s1. The highest BCUT2D eigenvalue weighted by Gasteiger charge is 2.42. The number of ether oxygens (including phenoxy) is 4. The molecule has 7 nitrogen and oxygen atoms in total. The summed E-state index contributed by atoms with van der Waals surface area (Å²) in [5.74, 6) is -0.124. The average molecular weight is 474 g/mol. The summed E-state index contributed by atoms with van der Waals surface area (Å²) >= 11 is 0. The van der Waals surface area contributed by atoms with Gasteiger partial charge in [-0.05, 0) is 22.2 Å². The molecular formula is C28H31N3O4. The van der Waals surface area contributed by atoms with E-state index >= 15 is 0 Å². The van der Waals surface area contributed by atoms with Crippen molar-refractivity contribution in [1.29, 1.82) is 0 Å². The Bertz CT molecular complexity index is 1050. The van der Waals surface area contributed by atoms with E-state index in [9.17, 15) is 0 Å². The summed E-state index contributed by atoms with van der Waals surface area (Å²) in [4.78, 5) is 2.95. The van der Waals surface area contributed by atoms with Crippen LogP contribution in [0.3, 0.4) is 0 Å². The Morgan fingerprint density at radius 2 is 1.26 bits per heavy atom. The maximum Gasteiger partial charge on any atom is 0.113 e. The molecule has 35 heavy (non-hydrogen) atoms. The zero-order chi connectivity index (χ0) is 24.1. The van der Waals surface area contributed by atoms with Crippen LogP contribution in [0.15, 0.2) is 96.1 Å². The molecule has 3 aromatic rings. The van der Waals surface area contributed by atoms with E-state index in [1.165, 1.54) is 0 Å². The second-order valence-corrected chi connectivity index (χ2v) is 8.57. The fourth-order valence-corrected chi connectivity index (χ4v) is 4.19. The van der Waals surface area contributed by atoms with E-state index in [2.05, 4.69) is 10.0 Å². The molecule has 1 heterocycles. The molecule has 0 amide bonds. The lowest BCUT2D eigenvalue weighted by molar-refractivity contribution is -0.218. The van der Waals surface area contributed by atoms with E-state index in [0.717, 1.165) is 16.7 Å². The summed E-state index contributed by atoms with van der Waals surface area (Å²) in [7, 11) is 0. The minimum Gasteiger partial charge on any atom is -0.374 e. The van der Waals surface area contributed by atoms with Crippen molar-refractivity contribution in [2.24, 2.45) is 11.0 Å². The van der Waals surface area contributed by atoms with Gasteiger partial charge in [-0.1, -0.05) is 96.1 Å². The molecule has 4 atom stereocenters. The maximum atomic E-state index is 8.91. The monoisotopic (exact) mass is 473 g/mol. The largest absolute Gasteiger partial charge is 0.374 e. The molecule has 0 spiro atoms. The van der Waals surface area contributed by atoms with Crippen molar-refractivity contribution in [3.8, 4) is 0 Å². The average Bonchev–Trinajstić information content (AvgIpc) is 2.92. The molecule has 0 radical (unpaired) electrons.